The Morgan fingerprint density at radius 1 is 1.22 bits per heavy atom. The molecule has 0 aromatic heterocycles. The van der Waals surface area contributed by atoms with Gasteiger partial charge in [0.1, 0.15) is 24.5 Å². The van der Waals surface area contributed by atoms with Crippen molar-refractivity contribution in [1.29, 1.82) is 0 Å². The number of rotatable bonds is 6. The van der Waals surface area contributed by atoms with Crippen molar-refractivity contribution >= 4 is 12.8 Å². The third kappa shape index (κ3) is 6.75. The Bertz CT molecular complexity index is 849. The molecule has 32 heavy (non-hydrogen) atoms. The predicted molar refractivity (Wildman–Crippen MR) is 120 cm³/mol. The van der Waals surface area contributed by atoms with Gasteiger partial charge in [-0.05, 0) is 55.8 Å². The lowest BCUT2D eigenvalue weighted by Crippen LogP contribution is -2.55. The van der Waals surface area contributed by atoms with Crippen LogP contribution in [0.5, 0.6) is 5.75 Å². The van der Waals surface area contributed by atoms with Crippen LogP contribution in [0, 0.1) is 5.82 Å². The number of nitrogens with one attached hydrogen (secondary N) is 1. The van der Waals surface area contributed by atoms with Gasteiger partial charge in [0.15, 0.2) is 0 Å². The number of methoxy groups -OCH3 is 1. The summed E-state index contributed by atoms with van der Waals surface area (Å²) in [7, 11) is 3.47. The second-order valence-electron chi connectivity index (χ2n) is 7.83. The van der Waals surface area contributed by atoms with Crippen LogP contribution in [0.3, 0.4) is 0 Å². The summed E-state index contributed by atoms with van der Waals surface area (Å²) in [4.78, 5) is 24.7. The Balaban J connectivity index is 0.00000176. The van der Waals surface area contributed by atoms with E-state index in [1.54, 1.807) is 24.1 Å². The lowest BCUT2D eigenvalue weighted by molar-refractivity contribution is -0.0980. The van der Waals surface area contributed by atoms with E-state index < -0.39 is 12.2 Å². The zero-order valence-corrected chi connectivity index (χ0v) is 18.8. The smallest absolute Gasteiger partial charge is 0.318 e. The molecule has 1 aliphatic heterocycles. The number of ether oxygens (including phenoxy) is 1. The van der Waals surface area contributed by atoms with Crippen LogP contribution in [0.2, 0.25) is 0 Å². The Labute approximate surface area is 188 Å². The van der Waals surface area contributed by atoms with Crippen molar-refractivity contribution in [2.75, 3.05) is 27.2 Å². The average Bonchev–Trinajstić information content (AvgIpc) is 2.80. The third-order valence-electron chi connectivity index (χ3n) is 5.59. The Morgan fingerprint density at radius 3 is 2.41 bits per heavy atom. The molecule has 1 heterocycles. The molecule has 6 nitrogen and oxygen atoms in total. The highest BCUT2D eigenvalue weighted by Crippen LogP contribution is 2.23. The standard InChI is InChI=1S/C23H29F2N3O2.CH2O/c1-16(18-6-10-20(30-3)11-7-18)26-23(29)28(14-17-4-8-19(24)9-5-17)22-12-13-27(2)15-21(22)25;1-2/h4-11,16,21-22H,12-15H2,1-3H3,(H,26,29);1H2/t16-,21-,22+;/m1./s1. The normalized spacial score (nSPS) is 19.3. The molecule has 1 N–H and O–H groups in total. The van der Waals surface area contributed by atoms with E-state index in [1.807, 2.05) is 49.9 Å². The highest BCUT2D eigenvalue weighted by molar-refractivity contribution is 5.75. The number of carbonyl (C=O) groups excluding carboxylic acids is 2. The number of likely N-dealkylation sites (tertiary alicyclic amines) is 1. The molecule has 1 saturated heterocycles. The largest absolute Gasteiger partial charge is 0.497 e. The van der Waals surface area contributed by atoms with Gasteiger partial charge in [0.25, 0.3) is 0 Å². The molecule has 3 rings (SSSR count). The van der Waals surface area contributed by atoms with Gasteiger partial charge in [-0.1, -0.05) is 24.3 Å². The number of carbonyl (C=O) groups is 2. The molecule has 1 fully saturated rings. The molecular formula is C24H31F2N3O3. The second-order valence-corrected chi connectivity index (χ2v) is 7.83. The van der Waals surface area contributed by atoms with Gasteiger partial charge in [0, 0.05) is 19.6 Å². The number of halogens is 2. The first-order valence-corrected chi connectivity index (χ1v) is 10.4. The highest BCUT2D eigenvalue weighted by atomic mass is 19.1. The van der Waals surface area contributed by atoms with Crippen molar-refractivity contribution in [3.8, 4) is 5.75 Å². The zero-order valence-electron chi connectivity index (χ0n) is 18.8. The molecule has 174 valence electrons. The van der Waals surface area contributed by atoms with Crippen LogP contribution >= 0.6 is 0 Å². The van der Waals surface area contributed by atoms with Gasteiger partial charge < -0.3 is 24.6 Å². The molecule has 2 amide bonds. The highest BCUT2D eigenvalue weighted by Gasteiger charge is 2.35. The molecule has 2 aromatic rings. The van der Waals surface area contributed by atoms with Crippen molar-refractivity contribution in [1.82, 2.24) is 15.1 Å². The number of benzene rings is 2. The summed E-state index contributed by atoms with van der Waals surface area (Å²) >= 11 is 0. The van der Waals surface area contributed by atoms with E-state index in [4.69, 9.17) is 9.53 Å². The zero-order chi connectivity index (χ0) is 23.7. The van der Waals surface area contributed by atoms with Crippen molar-refractivity contribution < 1.29 is 23.1 Å². The number of urea groups is 1. The van der Waals surface area contributed by atoms with Gasteiger partial charge in [-0.15, -0.1) is 0 Å². The number of piperidine rings is 1. The maximum absolute atomic E-state index is 14.9. The quantitative estimate of drug-likeness (QED) is 0.728. The first-order chi connectivity index (χ1) is 15.4. The van der Waals surface area contributed by atoms with Crippen LogP contribution in [-0.2, 0) is 11.3 Å². The molecule has 0 bridgehead atoms. The molecule has 1 aliphatic rings. The van der Waals surface area contributed by atoms with Gasteiger partial charge >= 0.3 is 6.03 Å². The van der Waals surface area contributed by atoms with E-state index in [9.17, 15) is 13.6 Å². The van der Waals surface area contributed by atoms with Gasteiger partial charge in [-0.3, -0.25) is 0 Å². The van der Waals surface area contributed by atoms with Crippen molar-refractivity contribution in [3.05, 3.63) is 65.5 Å². The van der Waals surface area contributed by atoms with Crippen molar-refractivity contribution in [2.24, 2.45) is 0 Å². The van der Waals surface area contributed by atoms with Crippen molar-refractivity contribution in [3.63, 3.8) is 0 Å². The van der Waals surface area contributed by atoms with E-state index in [0.717, 1.165) is 16.9 Å². The topological polar surface area (TPSA) is 61.9 Å². The summed E-state index contributed by atoms with van der Waals surface area (Å²) in [6.07, 6.45) is -0.602. The molecule has 3 atom stereocenters. The van der Waals surface area contributed by atoms with Gasteiger partial charge in [-0.25, -0.2) is 13.6 Å². The Kier molecular flexibility index (Phi) is 9.59. The summed E-state index contributed by atoms with van der Waals surface area (Å²) in [6.45, 7) is 5.10. The van der Waals surface area contributed by atoms with Crippen LogP contribution in [-0.4, -0.2) is 62.1 Å². The molecule has 0 radical (unpaired) electrons. The molecule has 2 aromatic carbocycles. The third-order valence-corrected chi connectivity index (χ3v) is 5.59. The van der Waals surface area contributed by atoms with E-state index >= 15 is 0 Å². The van der Waals surface area contributed by atoms with Crippen LogP contribution in [0.15, 0.2) is 48.5 Å². The fourth-order valence-corrected chi connectivity index (χ4v) is 3.77. The van der Waals surface area contributed by atoms with Gasteiger partial charge in [0.05, 0.1) is 19.2 Å². The first kappa shape index (κ1) is 25.3. The second kappa shape index (κ2) is 12.1. The maximum atomic E-state index is 14.9. The average molecular weight is 448 g/mol. The summed E-state index contributed by atoms with van der Waals surface area (Å²) < 4.78 is 33.3. The maximum Gasteiger partial charge on any atom is 0.318 e. The van der Waals surface area contributed by atoms with Crippen LogP contribution in [0.1, 0.15) is 30.5 Å². The Hall–Kier alpha value is -3.00. The SMILES string of the molecule is C=O.COc1ccc([C@@H](C)NC(=O)N(Cc2ccc(F)cc2)[C@H]2CCN(C)C[C@H]2F)cc1. The van der Waals surface area contributed by atoms with Gasteiger partial charge in [0.2, 0.25) is 0 Å². The molecule has 0 saturated carbocycles. The Morgan fingerprint density at radius 2 is 1.84 bits per heavy atom. The number of hydrogen-bond acceptors (Lipinski definition) is 4. The molecule has 0 spiro atoms. The minimum atomic E-state index is -1.15. The van der Waals surface area contributed by atoms with Crippen LogP contribution < -0.4 is 10.1 Å². The number of hydrogen-bond donors (Lipinski definition) is 1. The summed E-state index contributed by atoms with van der Waals surface area (Å²) in [5, 5.41) is 2.99. The predicted octanol–water partition coefficient (Wildman–Crippen LogP) is 3.96. The first-order valence-electron chi connectivity index (χ1n) is 10.4. The van der Waals surface area contributed by atoms with Crippen molar-refractivity contribution in [2.45, 2.75) is 38.1 Å². The van der Waals surface area contributed by atoms with Gasteiger partial charge in [-0.2, -0.15) is 0 Å². The van der Waals surface area contributed by atoms with Crippen LogP contribution in [0.4, 0.5) is 13.6 Å². The minimum absolute atomic E-state index is 0.218. The van der Waals surface area contributed by atoms with Crippen LogP contribution in [0.25, 0.3) is 0 Å². The number of amides is 2. The summed E-state index contributed by atoms with van der Waals surface area (Å²) in [5.41, 5.74) is 1.68. The van der Waals surface area contributed by atoms with E-state index in [0.29, 0.717) is 13.0 Å². The van der Waals surface area contributed by atoms with E-state index in [-0.39, 0.29) is 31.0 Å². The molecule has 0 aliphatic carbocycles. The van der Waals surface area contributed by atoms with E-state index in [1.165, 1.54) is 12.1 Å². The fraction of sp³-hybridized carbons (Fsp3) is 0.417. The lowest BCUT2D eigenvalue weighted by atomic mass is 10.0. The summed E-state index contributed by atoms with van der Waals surface area (Å²) in [6, 6.07) is 12.3. The molecule has 8 heteroatoms. The molecule has 0 unspecified atom stereocenters. The molecular weight excluding hydrogens is 416 g/mol. The fourth-order valence-electron chi connectivity index (χ4n) is 3.77. The summed E-state index contributed by atoms with van der Waals surface area (Å²) in [5.74, 6) is 0.396. The monoisotopic (exact) mass is 447 g/mol. The van der Waals surface area contributed by atoms with E-state index in [2.05, 4.69) is 5.32 Å². The number of alkyl halides is 1. The minimum Gasteiger partial charge on any atom is -0.497 e. The number of nitrogens with zero attached hydrogens (tertiary/aromatic N) is 2. The lowest BCUT2D eigenvalue weighted by Gasteiger charge is -2.40.